The molecule has 0 saturated heterocycles. The molecule has 0 fully saturated rings. The molecule has 0 atom stereocenters. The molecule has 0 bridgehead atoms. The van der Waals surface area contributed by atoms with Crippen LogP contribution in [0.25, 0.3) is 11.0 Å². The molecule has 0 aliphatic rings. The molecule has 0 aliphatic carbocycles. The number of fused-ring (bicyclic) bond motifs is 1. The quantitative estimate of drug-likeness (QED) is 0.420. The first kappa shape index (κ1) is 13.9. The van der Waals surface area contributed by atoms with Crippen molar-refractivity contribution < 1.29 is 23.4 Å². The minimum atomic E-state index is -0.781. The van der Waals surface area contributed by atoms with E-state index in [-0.39, 0.29) is 18.1 Å². The van der Waals surface area contributed by atoms with Crippen molar-refractivity contribution in [2.24, 2.45) is 0 Å². The van der Waals surface area contributed by atoms with E-state index in [1.807, 2.05) is 30.3 Å². The summed E-state index contributed by atoms with van der Waals surface area (Å²) < 4.78 is 16.1. The molecule has 0 aliphatic heterocycles. The normalized spacial score (nSPS) is 10.6. The van der Waals surface area contributed by atoms with Gasteiger partial charge in [0.15, 0.2) is 11.8 Å². The van der Waals surface area contributed by atoms with Gasteiger partial charge in [0.1, 0.15) is 6.61 Å². The van der Waals surface area contributed by atoms with Gasteiger partial charge in [0.25, 0.3) is 0 Å². The third-order valence-electron chi connectivity index (χ3n) is 3.20. The summed E-state index contributed by atoms with van der Waals surface area (Å²) in [5.74, 6) is -0.704. The van der Waals surface area contributed by atoms with E-state index in [4.69, 9.17) is 9.15 Å². The van der Waals surface area contributed by atoms with E-state index >= 15 is 0 Å². The molecular weight excluding hydrogens is 286 g/mol. The van der Waals surface area contributed by atoms with Crippen molar-refractivity contribution in [2.75, 3.05) is 7.11 Å². The number of carbonyl (C=O) groups is 1. The number of hydrogen-bond acceptors (Lipinski definition) is 5. The first-order valence-corrected chi connectivity index (χ1v) is 6.59. The second-order valence-corrected chi connectivity index (χ2v) is 4.60. The third-order valence-corrected chi connectivity index (χ3v) is 3.20. The van der Waals surface area contributed by atoms with Crippen LogP contribution in [-0.2, 0) is 11.3 Å². The van der Waals surface area contributed by atoms with Gasteiger partial charge in [0.05, 0.1) is 18.8 Å². The predicted octanol–water partition coefficient (Wildman–Crippen LogP) is 2.43. The Bertz CT molecular complexity index is 810. The predicted molar refractivity (Wildman–Crippen MR) is 77.3 cm³/mol. The van der Waals surface area contributed by atoms with Crippen LogP contribution in [0.3, 0.4) is 0 Å². The molecule has 6 heteroatoms. The van der Waals surface area contributed by atoms with Crippen molar-refractivity contribution in [3.05, 3.63) is 65.3 Å². The van der Waals surface area contributed by atoms with Crippen molar-refractivity contribution >= 4 is 16.9 Å². The number of carbonyl (C=O) groups excluding carboxylic acids is 1. The maximum Gasteiger partial charge on any atom is 0.409 e. The Balaban J connectivity index is 2.05. The van der Waals surface area contributed by atoms with Crippen molar-refractivity contribution in [1.82, 2.24) is 0 Å². The second kappa shape index (κ2) is 5.77. The first-order chi connectivity index (χ1) is 10.7. The smallest absolute Gasteiger partial charge is 0.409 e. The van der Waals surface area contributed by atoms with Gasteiger partial charge in [0.2, 0.25) is 5.75 Å². The van der Waals surface area contributed by atoms with Gasteiger partial charge in [0, 0.05) is 0 Å². The maximum atomic E-state index is 12.1. The molecule has 2 aromatic heterocycles. The summed E-state index contributed by atoms with van der Waals surface area (Å²) in [6.07, 6.45) is 2.68. The maximum absolute atomic E-state index is 12.1. The Hall–Kier alpha value is -3.02. The summed E-state index contributed by atoms with van der Waals surface area (Å²) in [5.41, 5.74) is 1.00. The molecule has 6 nitrogen and oxygen atoms in total. The van der Waals surface area contributed by atoms with Crippen LogP contribution in [0.5, 0.6) is 5.75 Å². The average Bonchev–Trinajstić information content (AvgIpc) is 3.00. The third kappa shape index (κ3) is 2.46. The van der Waals surface area contributed by atoms with E-state index in [1.54, 1.807) is 6.07 Å². The SMILES string of the molecule is COC(=O)c1c(OCc2ccccc2)c2occc2c[n+]1[O-]. The molecule has 0 radical (unpaired) electrons. The molecule has 112 valence electrons. The van der Waals surface area contributed by atoms with Crippen molar-refractivity contribution in [3.8, 4) is 5.75 Å². The van der Waals surface area contributed by atoms with E-state index in [9.17, 15) is 10.0 Å². The topological polar surface area (TPSA) is 75.6 Å². The second-order valence-electron chi connectivity index (χ2n) is 4.60. The van der Waals surface area contributed by atoms with Crippen molar-refractivity contribution in [1.29, 1.82) is 0 Å². The molecule has 0 unspecified atom stereocenters. The Morgan fingerprint density at radius 3 is 2.77 bits per heavy atom. The van der Waals surface area contributed by atoms with Crippen molar-refractivity contribution in [2.45, 2.75) is 6.61 Å². The first-order valence-electron chi connectivity index (χ1n) is 6.59. The lowest BCUT2D eigenvalue weighted by atomic mass is 10.2. The summed E-state index contributed by atoms with van der Waals surface area (Å²) >= 11 is 0. The molecular formula is C16H13NO5. The molecule has 3 aromatic rings. The van der Waals surface area contributed by atoms with E-state index in [0.29, 0.717) is 15.7 Å². The summed E-state index contributed by atoms with van der Waals surface area (Å²) in [4.78, 5) is 11.9. The van der Waals surface area contributed by atoms with Crippen LogP contribution >= 0.6 is 0 Å². The van der Waals surface area contributed by atoms with Gasteiger partial charge in [-0.25, -0.2) is 4.79 Å². The van der Waals surface area contributed by atoms with Crippen LogP contribution in [0.1, 0.15) is 16.1 Å². The monoisotopic (exact) mass is 299 g/mol. The largest absolute Gasteiger partial charge is 0.618 e. The molecule has 0 N–H and O–H groups in total. The number of aromatic nitrogens is 1. The Kier molecular flexibility index (Phi) is 3.65. The molecule has 0 saturated carbocycles. The van der Waals surface area contributed by atoms with Crippen molar-refractivity contribution in [3.63, 3.8) is 0 Å². The zero-order valence-corrected chi connectivity index (χ0v) is 11.8. The number of rotatable bonds is 4. The minimum absolute atomic E-state index is 0.0770. The summed E-state index contributed by atoms with van der Waals surface area (Å²) in [6.45, 7) is 0.199. The van der Waals surface area contributed by atoms with Gasteiger partial charge < -0.3 is 19.1 Å². The standard InChI is InChI=1S/C16H13NO5/c1-20-16(18)13-15(22-10-11-5-3-2-4-6-11)14-12(7-8-21-14)9-17(13)19/h2-9H,10H2,1H3. The minimum Gasteiger partial charge on any atom is -0.618 e. The number of benzene rings is 1. The number of hydrogen-bond donors (Lipinski definition) is 0. The highest BCUT2D eigenvalue weighted by molar-refractivity contribution is 5.95. The lowest BCUT2D eigenvalue weighted by molar-refractivity contribution is -0.607. The number of ether oxygens (including phenoxy) is 2. The van der Waals surface area contributed by atoms with E-state index < -0.39 is 5.97 Å². The molecule has 0 amide bonds. The lowest BCUT2D eigenvalue weighted by Crippen LogP contribution is -2.35. The zero-order chi connectivity index (χ0) is 15.5. The fourth-order valence-electron chi connectivity index (χ4n) is 2.15. The molecule has 3 rings (SSSR count). The van der Waals surface area contributed by atoms with Crippen LogP contribution in [0.15, 0.2) is 53.3 Å². The summed E-state index contributed by atoms with van der Waals surface area (Å²) in [6, 6.07) is 11.0. The highest BCUT2D eigenvalue weighted by Gasteiger charge is 2.29. The van der Waals surface area contributed by atoms with E-state index in [2.05, 4.69) is 4.74 Å². The van der Waals surface area contributed by atoms with Crippen LogP contribution < -0.4 is 9.47 Å². The number of pyridine rings is 1. The fraction of sp³-hybridized carbons (Fsp3) is 0.125. The average molecular weight is 299 g/mol. The molecule has 22 heavy (non-hydrogen) atoms. The Morgan fingerprint density at radius 2 is 2.05 bits per heavy atom. The van der Waals surface area contributed by atoms with Gasteiger partial charge in [-0.3, -0.25) is 0 Å². The highest BCUT2D eigenvalue weighted by Crippen LogP contribution is 2.29. The Morgan fingerprint density at radius 1 is 1.27 bits per heavy atom. The molecule has 2 heterocycles. The highest BCUT2D eigenvalue weighted by atomic mass is 16.5. The zero-order valence-electron chi connectivity index (χ0n) is 11.8. The molecule has 1 aromatic carbocycles. The van der Waals surface area contributed by atoms with Crippen LogP contribution in [-0.4, -0.2) is 13.1 Å². The number of methoxy groups -OCH3 is 1. The molecule has 0 spiro atoms. The van der Waals surface area contributed by atoms with Gasteiger partial charge in [-0.2, -0.15) is 4.73 Å². The van der Waals surface area contributed by atoms with Gasteiger partial charge in [-0.1, -0.05) is 30.3 Å². The van der Waals surface area contributed by atoms with E-state index in [1.165, 1.54) is 19.6 Å². The summed E-state index contributed by atoms with van der Waals surface area (Å²) in [5, 5.41) is 12.6. The van der Waals surface area contributed by atoms with Crippen LogP contribution in [0.2, 0.25) is 0 Å². The van der Waals surface area contributed by atoms with Crippen LogP contribution in [0.4, 0.5) is 0 Å². The fourth-order valence-corrected chi connectivity index (χ4v) is 2.15. The van der Waals surface area contributed by atoms with Gasteiger partial charge in [-0.05, 0) is 11.6 Å². The van der Waals surface area contributed by atoms with Gasteiger partial charge in [-0.15, -0.1) is 0 Å². The number of nitrogens with zero attached hydrogens (tertiary/aromatic N) is 1. The van der Waals surface area contributed by atoms with Crippen LogP contribution in [0, 0.1) is 5.21 Å². The van der Waals surface area contributed by atoms with E-state index in [0.717, 1.165) is 5.56 Å². The summed E-state index contributed by atoms with van der Waals surface area (Å²) in [7, 11) is 1.20. The number of furan rings is 1. The Labute approximate surface area is 126 Å². The van der Waals surface area contributed by atoms with Gasteiger partial charge >= 0.3 is 11.7 Å². The number of esters is 1. The lowest BCUT2D eigenvalue weighted by Gasteiger charge is -2.10.